The van der Waals surface area contributed by atoms with Gasteiger partial charge in [0.1, 0.15) is 0 Å². The van der Waals surface area contributed by atoms with Crippen LogP contribution in [-0.4, -0.2) is 28.1 Å². The van der Waals surface area contributed by atoms with E-state index < -0.39 is 5.60 Å². The Morgan fingerprint density at radius 2 is 1.59 bits per heavy atom. The predicted octanol–water partition coefficient (Wildman–Crippen LogP) is 5.33. The minimum atomic E-state index is -0.837. The Kier molecular flexibility index (Phi) is 4.80. The molecule has 0 amide bonds. The van der Waals surface area contributed by atoms with Crippen molar-refractivity contribution >= 4 is 11.3 Å². The number of likely N-dealkylation sites (tertiary alicyclic amines) is 1. The summed E-state index contributed by atoms with van der Waals surface area (Å²) in [5.74, 6) is 0. The van der Waals surface area contributed by atoms with Gasteiger partial charge in [0.2, 0.25) is 0 Å². The third kappa shape index (κ3) is 3.82. The van der Waals surface area contributed by atoms with Crippen molar-refractivity contribution in [3.63, 3.8) is 0 Å². The summed E-state index contributed by atoms with van der Waals surface area (Å²) in [4.78, 5) is 2.40. The second-order valence-corrected chi connectivity index (χ2v) is 11.0. The Morgan fingerprint density at radius 3 is 2.11 bits per heavy atom. The normalized spacial score (nSPS) is 26.4. The molecule has 0 radical (unpaired) electrons. The monoisotopic (exact) mass is 370 g/mol. The van der Waals surface area contributed by atoms with Crippen LogP contribution < -0.4 is 5.73 Å². The maximum atomic E-state index is 11.7. The van der Waals surface area contributed by atoms with Crippen LogP contribution in [0.3, 0.4) is 0 Å². The predicted molar refractivity (Wildman–Crippen MR) is 116 cm³/mol. The van der Waals surface area contributed by atoms with Gasteiger partial charge < -0.3 is 10.8 Å². The quantitative estimate of drug-likeness (QED) is 0.692. The summed E-state index contributed by atoms with van der Waals surface area (Å²) in [6.07, 6.45) is 7.10. The van der Waals surface area contributed by atoms with E-state index in [1.807, 2.05) is 12.1 Å². The van der Waals surface area contributed by atoms with E-state index in [4.69, 9.17) is 5.73 Å². The summed E-state index contributed by atoms with van der Waals surface area (Å²) in [6, 6.07) is 6.18. The molecular weight excluding hydrogens is 332 g/mol. The molecule has 0 atom stereocenters. The van der Waals surface area contributed by atoms with Gasteiger partial charge in [-0.05, 0) is 95.5 Å². The van der Waals surface area contributed by atoms with Crippen LogP contribution in [-0.2, 0) is 5.60 Å². The van der Waals surface area contributed by atoms with Gasteiger partial charge in [-0.1, -0.05) is 26.0 Å². The number of nitrogen functional groups attached to an aromatic ring is 1. The summed E-state index contributed by atoms with van der Waals surface area (Å²) >= 11 is 0. The molecule has 0 spiro atoms. The van der Waals surface area contributed by atoms with Crippen molar-refractivity contribution < 1.29 is 5.11 Å². The van der Waals surface area contributed by atoms with E-state index in [1.165, 1.54) is 12.0 Å². The summed E-state index contributed by atoms with van der Waals surface area (Å²) in [6.45, 7) is 13.5. The van der Waals surface area contributed by atoms with Crippen LogP contribution in [0.15, 0.2) is 24.3 Å². The van der Waals surface area contributed by atoms with Crippen LogP contribution in [0.5, 0.6) is 0 Å². The van der Waals surface area contributed by atoms with Crippen molar-refractivity contribution in [1.29, 1.82) is 0 Å². The maximum absolute atomic E-state index is 11.7. The number of hydrogen-bond donors (Lipinski definition) is 2. The first-order valence-corrected chi connectivity index (χ1v) is 10.3. The highest BCUT2D eigenvalue weighted by Crippen LogP contribution is 2.48. The molecule has 0 bridgehead atoms. The molecule has 27 heavy (non-hydrogen) atoms. The molecule has 3 nitrogen and oxygen atoms in total. The average molecular weight is 371 g/mol. The highest BCUT2D eigenvalue weighted by molar-refractivity contribution is 5.76. The summed E-state index contributed by atoms with van der Waals surface area (Å²) < 4.78 is 0. The van der Waals surface area contributed by atoms with Gasteiger partial charge in [-0.3, -0.25) is 4.90 Å². The third-order valence-corrected chi connectivity index (χ3v) is 7.17. The molecule has 3 N–H and O–H groups in total. The highest BCUT2D eigenvalue weighted by atomic mass is 16.3. The number of hydrogen-bond acceptors (Lipinski definition) is 3. The van der Waals surface area contributed by atoms with Gasteiger partial charge in [0, 0.05) is 22.3 Å². The Balaban J connectivity index is 2.00. The molecule has 3 heteroatoms. The fourth-order valence-electron chi connectivity index (χ4n) is 5.20. The van der Waals surface area contributed by atoms with Crippen LogP contribution in [0.1, 0.15) is 84.8 Å². The van der Waals surface area contributed by atoms with E-state index >= 15 is 0 Å². The topological polar surface area (TPSA) is 49.5 Å². The van der Waals surface area contributed by atoms with Gasteiger partial charge in [0.15, 0.2) is 0 Å². The minimum Gasteiger partial charge on any atom is -0.398 e. The van der Waals surface area contributed by atoms with Gasteiger partial charge in [-0.15, -0.1) is 0 Å². The minimum absolute atomic E-state index is 0.0772. The zero-order valence-electron chi connectivity index (χ0n) is 18.3. The number of nitrogens with two attached hydrogens (primary N) is 1. The number of rotatable bonds is 2. The first kappa shape index (κ1) is 20.4. The lowest BCUT2D eigenvalue weighted by molar-refractivity contribution is -0.128. The van der Waals surface area contributed by atoms with Crippen molar-refractivity contribution in [2.24, 2.45) is 5.41 Å². The van der Waals surface area contributed by atoms with Crippen LogP contribution >= 0.6 is 0 Å². The number of nitrogens with zero attached hydrogens (tertiary/aromatic N) is 1. The summed E-state index contributed by atoms with van der Waals surface area (Å²) in [7, 11) is 2.17. The van der Waals surface area contributed by atoms with Gasteiger partial charge >= 0.3 is 0 Å². The summed E-state index contributed by atoms with van der Waals surface area (Å²) in [5, 5.41) is 11.7. The molecule has 0 aromatic heterocycles. The molecular formula is C24H38N2O. The second-order valence-electron chi connectivity index (χ2n) is 11.0. The maximum Gasteiger partial charge on any atom is 0.0931 e. The van der Waals surface area contributed by atoms with Crippen molar-refractivity contribution in [2.75, 3.05) is 12.8 Å². The Morgan fingerprint density at radius 1 is 1.00 bits per heavy atom. The standard InChI is InChI=1S/C24H38N2O/c1-21(2)12-10-17(11-13-21)19-14-18(8-9-20(19)25)24(27)15-22(3,4)26(7)23(5,6)16-24/h8-10,14,27H,11-13,15-16,25H2,1-7H3. The van der Waals surface area contributed by atoms with E-state index in [9.17, 15) is 5.11 Å². The zero-order chi connectivity index (χ0) is 20.3. The number of benzene rings is 1. The molecule has 1 heterocycles. The molecule has 1 saturated heterocycles. The lowest BCUT2D eigenvalue weighted by Crippen LogP contribution is -2.62. The van der Waals surface area contributed by atoms with Crippen LogP contribution in [0.25, 0.3) is 5.57 Å². The molecule has 0 unspecified atom stereocenters. The van der Waals surface area contributed by atoms with Crippen molar-refractivity contribution in [3.8, 4) is 0 Å². The van der Waals surface area contributed by atoms with Gasteiger partial charge in [0.05, 0.1) is 5.60 Å². The van der Waals surface area contributed by atoms with E-state index in [-0.39, 0.29) is 11.1 Å². The van der Waals surface area contributed by atoms with Gasteiger partial charge in [0.25, 0.3) is 0 Å². The first-order chi connectivity index (χ1) is 12.3. The van der Waals surface area contributed by atoms with E-state index in [2.05, 4.69) is 65.6 Å². The third-order valence-electron chi connectivity index (χ3n) is 7.17. The van der Waals surface area contributed by atoms with Crippen molar-refractivity contribution in [2.45, 2.75) is 90.3 Å². The smallest absolute Gasteiger partial charge is 0.0931 e. The number of allylic oxidation sites excluding steroid dienone is 2. The molecule has 0 saturated carbocycles. The molecule has 1 aliphatic carbocycles. The highest BCUT2D eigenvalue weighted by Gasteiger charge is 2.50. The van der Waals surface area contributed by atoms with Crippen molar-refractivity contribution in [3.05, 3.63) is 35.4 Å². The van der Waals surface area contributed by atoms with E-state index in [1.54, 1.807) is 0 Å². The Bertz CT molecular complexity index is 740. The molecule has 1 aromatic carbocycles. The summed E-state index contributed by atoms with van der Waals surface area (Å²) in [5.41, 5.74) is 10.0. The number of piperidine rings is 1. The zero-order valence-corrected chi connectivity index (χ0v) is 18.3. The number of anilines is 1. The number of aliphatic hydroxyl groups is 1. The molecule has 1 aromatic rings. The van der Waals surface area contributed by atoms with Crippen LogP contribution in [0.4, 0.5) is 5.69 Å². The van der Waals surface area contributed by atoms with Gasteiger partial charge in [-0.2, -0.15) is 0 Å². The van der Waals surface area contributed by atoms with Crippen LogP contribution in [0, 0.1) is 5.41 Å². The molecule has 3 rings (SSSR count). The van der Waals surface area contributed by atoms with E-state index in [0.29, 0.717) is 5.41 Å². The lowest BCUT2D eigenvalue weighted by Gasteiger charge is -2.56. The van der Waals surface area contributed by atoms with Crippen LogP contribution in [0.2, 0.25) is 0 Å². The molecule has 150 valence electrons. The SMILES string of the molecule is CN1C(C)(C)CC(O)(c2ccc(N)c(C3=CCC(C)(C)CC3)c2)CC1(C)C. The van der Waals surface area contributed by atoms with Gasteiger partial charge in [-0.25, -0.2) is 0 Å². The largest absolute Gasteiger partial charge is 0.398 e. The van der Waals surface area contributed by atoms with E-state index in [0.717, 1.165) is 42.5 Å². The molecule has 1 aliphatic heterocycles. The second kappa shape index (κ2) is 6.35. The fraction of sp³-hybridized carbons (Fsp3) is 0.667. The molecule has 2 aliphatic rings. The fourth-order valence-corrected chi connectivity index (χ4v) is 5.20. The average Bonchev–Trinajstić information content (AvgIpc) is 2.52. The first-order valence-electron chi connectivity index (χ1n) is 10.3. The lowest BCUT2D eigenvalue weighted by atomic mass is 9.68. The Labute approximate surface area is 165 Å². The molecule has 1 fully saturated rings. The Hall–Kier alpha value is -1.32. The van der Waals surface area contributed by atoms with Crippen molar-refractivity contribution in [1.82, 2.24) is 4.90 Å².